The maximum Gasteiger partial charge on any atom is 0.257 e. The minimum absolute atomic E-state index is 0.334. The number of carbonyl (C=O) groups excluding carboxylic acids is 1. The van der Waals surface area contributed by atoms with Gasteiger partial charge in [-0.3, -0.25) is 10.1 Å². The molecule has 1 N–H and O–H groups in total. The summed E-state index contributed by atoms with van der Waals surface area (Å²) in [5, 5.41) is 12.3. The fourth-order valence-electron chi connectivity index (χ4n) is 1.24. The number of rotatable bonds is 2. The number of thiazole rings is 1. The minimum atomic E-state index is -0.377. The summed E-state index contributed by atoms with van der Waals surface area (Å²) in [5.74, 6) is -0.377. The number of carbonyl (C=O) groups is 1. The van der Waals surface area contributed by atoms with Gasteiger partial charge in [0.05, 0.1) is 6.20 Å². The van der Waals surface area contributed by atoms with E-state index in [1.54, 1.807) is 0 Å². The van der Waals surface area contributed by atoms with Crippen molar-refractivity contribution < 1.29 is 4.79 Å². The zero-order chi connectivity index (χ0) is 13.1. The first kappa shape index (κ1) is 12.8. The summed E-state index contributed by atoms with van der Waals surface area (Å²) in [4.78, 5) is 16.2. The van der Waals surface area contributed by atoms with Gasteiger partial charge in [-0.25, -0.2) is 4.98 Å². The Morgan fingerprint density at radius 1 is 1.33 bits per heavy atom. The average Bonchev–Trinajstić information content (AvgIpc) is 2.75. The van der Waals surface area contributed by atoms with Gasteiger partial charge in [0.25, 0.3) is 5.91 Å². The zero-order valence-corrected chi connectivity index (χ0v) is 11.1. The van der Waals surface area contributed by atoms with Gasteiger partial charge in [-0.1, -0.05) is 34.5 Å². The number of halogens is 2. The van der Waals surface area contributed by atoms with Crippen LogP contribution in [-0.2, 0) is 0 Å². The number of anilines is 1. The van der Waals surface area contributed by atoms with Crippen LogP contribution >= 0.6 is 34.5 Å². The van der Waals surface area contributed by atoms with Crippen LogP contribution in [0.15, 0.2) is 24.4 Å². The molecular weight excluding hydrogens is 293 g/mol. The highest BCUT2D eigenvalue weighted by molar-refractivity contribution is 7.16. The van der Waals surface area contributed by atoms with E-state index in [2.05, 4.69) is 10.3 Å². The summed E-state index contributed by atoms with van der Waals surface area (Å²) in [6.07, 6.45) is 1.39. The van der Waals surface area contributed by atoms with E-state index in [0.717, 1.165) is 11.3 Å². The smallest absolute Gasteiger partial charge is 0.257 e. The Balaban J connectivity index is 2.19. The first-order chi connectivity index (χ1) is 8.58. The van der Waals surface area contributed by atoms with E-state index < -0.39 is 0 Å². The molecule has 7 heteroatoms. The molecule has 0 spiro atoms. The zero-order valence-electron chi connectivity index (χ0n) is 8.78. The molecule has 4 nitrogen and oxygen atoms in total. The van der Waals surface area contributed by atoms with Crippen molar-refractivity contribution in [1.82, 2.24) is 4.98 Å². The third-order valence-electron chi connectivity index (χ3n) is 1.96. The molecule has 0 atom stereocenters. The molecule has 0 aliphatic rings. The van der Waals surface area contributed by atoms with E-state index in [1.807, 2.05) is 6.07 Å². The van der Waals surface area contributed by atoms with Crippen molar-refractivity contribution in [3.63, 3.8) is 0 Å². The highest BCUT2D eigenvalue weighted by Crippen LogP contribution is 2.21. The van der Waals surface area contributed by atoms with Crippen LogP contribution < -0.4 is 5.32 Å². The first-order valence-electron chi connectivity index (χ1n) is 4.72. The quantitative estimate of drug-likeness (QED) is 0.921. The summed E-state index contributed by atoms with van der Waals surface area (Å²) in [6.45, 7) is 0. The van der Waals surface area contributed by atoms with Crippen molar-refractivity contribution >= 4 is 45.6 Å². The fraction of sp³-hybridized carbons (Fsp3) is 0. The second kappa shape index (κ2) is 5.36. The van der Waals surface area contributed by atoms with Crippen LogP contribution in [0.25, 0.3) is 0 Å². The second-order valence-electron chi connectivity index (χ2n) is 3.25. The molecule has 1 heterocycles. The van der Waals surface area contributed by atoms with Gasteiger partial charge in [0, 0.05) is 15.6 Å². The standard InChI is InChI=1S/C11H5Cl2N3OS/c12-7-1-6(2-8(13)3-7)10(17)16-11-15-5-9(4-14)18-11/h1-3,5H,(H,15,16,17). The highest BCUT2D eigenvalue weighted by Gasteiger charge is 2.10. The topological polar surface area (TPSA) is 65.8 Å². The number of aromatic nitrogens is 1. The van der Waals surface area contributed by atoms with E-state index in [0.29, 0.717) is 25.6 Å². The highest BCUT2D eigenvalue weighted by atomic mass is 35.5. The molecule has 0 saturated heterocycles. The van der Waals surface area contributed by atoms with Gasteiger partial charge in [0.2, 0.25) is 0 Å². The Labute approximate surface area is 117 Å². The van der Waals surface area contributed by atoms with Gasteiger partial charge in [0.15, 0.2) is 5.13 Å². The van der Waals surface area contributed by atoms with Crippen LogP contribution in [0, 0.1) is 11.3 Å². The number of benzene rings is 1. The van der Waals surface area contributed by atoms with E-state index in [4.69, 9.17) is 28.5 Å². The molecule has 1 amide bonds. The Morgan fingerprint density at radius 3 is 2.56 bits per heavy atom. The molecule has 1 aromatic heterocycles. The molecule has 1 aromatic carbocycles. The molecule has 0 radical (unpaired) electrons. The van der Waals surface area contributed by atoms with Crippen LogP contribution in [0.1, 0.15) is 15.2 Å². The Hall–Kier alpha value is -1.61. The number of amides is 1. The van der Waals surface area contributed by atoms with Gasteiger partial charge in [-0.15, -0.1) is 0 Å². The van der Waals surface area contributed by atoms with Gasteiger partial charge in [-0.2, -0.15) is 5.26 Å². The van der Waals surface area contributed by atoms with Crippen LogP contribution in [-0.4, -0.2) is 10.9 Å². The minimum Gasteiger partial charge on any atom is -0.298 e. The lowest BCUT2D eigenvalue weighted by atomic mass is 10.2. The predicted octanol–water partition coefficient (Wildman–Crippen LogP) is 3.57. The van der Waals surface area contributed by atoms with Crippen molar-refractivity contribution in [2.24, 2.45) is 0 Å². The summed E-state index contributed by atoms with van der Waals surface area (Å²) in [7, 11) is 0. The normalized spacial score (nSPS) is 9.83. The van der Waals surface area contributed by atoms with E-state index >= 15 is 0 Å². The number of nitriles is 1. The van der Waals surface area contributed by atoms with Gasteiger partial charge < -0.3 is 0 Å². The third kappa shape index (κ3) is 2.99. The number of hydrogen-bond acceptors (Lipinski definition) is 4. The molecular formula is C11H5Cl2N3OS. The van der Waals surface area contributed by atoms with Gasteiger partial charge in [-0.05, 0) is 18.2 Å². The van der Waals surface area contributed by atoms with Crippen LogP contribution in [0.4, 0.5) is 5.13 Å². The summed E-state index contributed by atoms with van der Waals surface area (Å²) in [5.41, 5.74) is 0.334. The summed E-state index contributed by atoms with van der Waals surface area (Å²) >= 11 is 12.7. The molecule has 18 heavy (non-hydrogen) atoms. The van der Waals surface area contributed by atoms with Crippen molar-refractivity contribution in [3.05, 3.63) is 44.9 Å². The van der Waals surface area contributed by atoms with E-state index in [1.165, 1.54) is 24.4 Å². The van der Waals surface area contributed by atoms with Crippen molar-refractivity contribution in [2.75, 3.05) is 5.32 Å². The van der Waals surface area contributed by atoms with Crippen LogP contribution in [0.5, 0.6) is 0 Å². The molecule has 0 bridgehead atoms. The van der Waals surface area contributed by atoms with Gasteiger partial charge >= 0.3 is 0 Å². The number of nitrogens with one attached hydrogen (secondary N) is 1. The van der Waals surface area contributed by atoms with Crippen molar-refractivity contribution in [3.8, 4) is 6.07 Å². The maximum atomic E-state index is 11.9. The molecule has 90 valence electrons. The summed E-state index contributed by atoms with van der Waals surface area (Å²) in [6, 6.07) is 6.48. The Kier molecular flexibility index (Phi) is 3.82. The largest absolute Gasteiger partial charge is 0.298 e. The number of nitrogens with zero attached hydrogens (tertiary/aromatic N) is 2. The van der Waals surface area contributed by atoms with Crippen LogP contribution in [0.2, 0.25) is 10.0 Å². The molecule has 2 rings (SSSR count). The van der Waals surface area contributed by atoms with Gasteiger partial charge in [0.1, 0.15) is 10.9 Å². The summed E-state index contributed by atoms with van der Waals surface area (Å²) < 4.78 is 0. The van der Waals surface area contributed by atoms with Crippen molar-refractivity contribution in [1.29, 1.82) is 5.26 Å². The molecule has 0 aliphatic carbocycles. The lowest BCUT2D eigenvalue weighted by molar-refractivity contribution is 0.102. The first-order valence-corrected chi connectivity index (χ1v) is 6.29. The lowest BCUT2D eigenvalue weighted by Gasteiger charge is -2.02. The Bertz CT molecular complexity index is 628. The lowest BCUT2D eigenvalue weighted by Crippen LogP contribution is -2.11. The molecule has 0 saturated carbocycles. The average molecular weight is 298 g/mol. The molecule has 0 fully saturated rings. The molecule has 2 aromatic rings. The predicted molar refractivity (Wildman–Crippen MR) is 71.2 cm³/mol. The third-order valence-corrected chi connectivity index (χ3v) is 3.21. The van der Waals surface area contributed by atoms with E-state index in [-0.39, 0.29) is 5.91 Å². The van der Waals surface area contributed by atoms with Crippen LogP contribution in [0.3, 0.4) is 0 Å². The second-order valence-corrected chi connectivity index (χ2v) is 5.16. The fourth-order valence-corrected chi connectivity index (χ4v) is 2.37. The van der Waals surface area contributed by atoms with E-state index in [9.17, 15) is 4.79 Å². The maximum absolute atomic E-state index is 11.9. The SMILES string of the molecule is N#Cc1cnc(NC(=O)c2cc(Cl)cc(Cl)c2)s1. The monoisotopic (exact) mass is 297 g/mol. The Morgan fingerprint density at radius 2 is 2.00 bits per heavy atom. The molecule has 0 unspecified atom stereocenters. The number of hydrogen-bond donors (Lipinski definition) is 1. The van der Waals surface area contributed by atoms with Crippen molar-refractivity contribution in [2.45, 2.75) is 0 Å². The molecule has 0 aliphatic heterocycles.